The van der Waals surface area contributed by atoms with Crippen LogP contribution in [0.1, 0.15) is 39.5 Å². The van der Waals surface area contributed by atoms with Crippen molar-refractivity contribution in [2.24, 2.45) is 11.8 Å². The van der Waals surface area contributed by atoms with E-state index in [1.165, 1.54) is 0 Å². The van der Waals surface area contributed by atoms with Gasteiger partial charge in [-0.25, -0.2) is 4.79 Å². The van der Waals surface area contributed by atoms with Crippen molar-refractivity contribution in [3.63, 3.8) is 0 Å². The minimum absolute atomic E-state index is 0.0429. The van der Waals surface area contributed by atoms with E-state index in [9.17, 15) is 9.59 Å². The molecule has 3 N–H and O–H groups in total. The van der Waals surface area contributed by atoms with Gasteiger partial charge >= 0.3 is 12.0 Å². The van der Waals surface area contributed by atoms with Gasteiger partial charge in [-0.3, -0.25) is 9.48 Å². The zero-order valence-electron chi connectivity index (χ0n) is 13.1. The molecule has 1 aromatic rings. The quantitative estimate of drug-likeness (QED) is 0.777. The van der Waals surface area contributed by atoms with Crippen molar-refractivity contribution in [2.75, 3.05) is 5.32 Å². The Morgan fingerprint density at radius 2 is 2.05 bits per heavy atom. The summed E-state index contributed by atoms with van der Waals surface area (Å²) in [4.78, 5) is 22.8. The maximum Gasteiger partial charge on any atom is 0.319 e. The first kappa shape index (κ1) is 16.3. The second-order valence-electron chi connectivity index (χ2n) is 6.33. The Morgan fingerprint density at radius 3 is 2.64 bits per heavy atom. The van der Waals surface area contributed by atoms with Gasteiger partial charge in [0.15, 0.2) is 0 Å². The third kappa shape index (κ3) is 4.75. The van der Waals surface area contributed by atoms with E-state index in [1.807, 2.05) is 0 Å². The molecule has 1 aromatic heterocycles. The number of nitrogens with zero attached hydrogens (tertiary/aromatic N) is 2. The zero-order chi connectivity index (χ0) is 16.1. The van der Waals surface area contributed by atoms with E-state index in [-0.39, 0.29) is 18.0 Å². The summed E-state index contributed by atoms with van der Waals surface area (Å²) in [5, 5.41) is 18.8. The molecule has 0 radical (unpaired) electrons. The Labute approximate surface area is 130 Å². The number of amides is 2. The lowest BCUT2D eigenvalue weighted by molar-refractivity contribution is -0.142. The normalized spacial score (nSPS) is 21.6. The first-order valence-corrected chi connectivity index (χ1v) is 7.77. The van der Waals surface area contributed by atoms with Gasteiger partial charge in [-0.05, 0) is 31.6 Å². The molecule has 0 bridgehead atoms. The van der Waals surface area contributed by atoms with Gasteiger partial charge < -0.3 is 15.7 Å². The number of nitrogens with one attached hydrogen (secondary N) is 2. The van der Waals surface area contributed by atoms with Gasteiger partial charge in [0, 0.05) is 18.8 Å². The SMILES string of the molecule is CC(C)Cn1cc(NC(=O)NC2CCC(C(=O)O)CC2)cn1. The molecule has 1 aliphatic rings. The average molecular weight is 308 g/mol. The van der Waals surface area contributed by atoms with E-state index < -0.39 is 5.97 Å². The molecule has 2 amide bonds. The predicted molar refractivity (Wildman–Crippen MR) is 82.6 cm³/mol. The van der Waals surface area contributed by atoms with Crippen LogP contribution < -0.4 is 10.6 Å². The summed E-state index contributed by atoms with van der Waals surface area (Å²) in [6, 6.07) is -0.218. The molecule has 0 spiro atoms. The first-order chi connectivity index (χ1) is 10.4. The van der Waals surface area contributed by atoms with Gasteiger partial charge in [0.25, 0.3) is 0 Å². The maximum absolute atomic E-state index is 12.0. The highest BCUT2D eigenvalue weighted by molar-refractivity contribution is 5.89. The number of hydrogen-bond acceptors (Lipinski definition) is 3. The third-order valence-corrected chi connectivity index (χ3v) is 3.85. The minimum Gasteiger partial charge on any atom is -0.481 e. The number of carboxylic acid groups (broad SMARTS) is 1. The summed E-state index contributed by atoms with van der Waals surface area (Å²) in [6.45, 7) is 5.02. The van der Waals surface area contributed by atoms with Crippen molar-refractivity contribution in [1.82, 2.24) is 15.1 Å². The Kier molecular flexibility index (Phi) is 5.41. The molecule has 122 valence electrons. The zero-order valence-corrected chi connectivity index (χ0v) is 13.1. The van der Waals surface area contributed by atoms with Crippen molar-refractivity contribution in [2.45, 2.75) is 52.1 Å². The Morgan fingerprint density at radius 1 is 1.36 bits per heavy atom. The van der Waals surface area contributed by atoms with E-state index in [0.717, 1.165) is 6.54 Å². The highest BCUT2D eigenvalue weighted by Crippen LogP contribution is 2.24. The number of aliphatic carboxylic acids is 1. The van der Waals surface area contributed by atoms with E-state index in [2.05, 4.69) is 29.6 Å². The number of carbonyl (C=O) groups is 2. The standard InChI is InChI=1S/C15H24N4O3/c1-10(2)8-19-9-13(7-16-19)18-15(22)17-12-5-3-11(4-6-12)14(20)21/h7,9-12H,3-6,8H2,1-2H3,(H,20,21)(H2,17,18,22). The summed E-state index contributed by atoms with van der Waals surface area (Å²) in [6.07, 6.45) is 6.08. The van der Waals surface area contributed by atoms with E-state index >= 15 is 0 Å². The molecule has 1 aliphatic carbocycles. The van der Waals surface area contributed by atoms with E-state index in [4.69, 9.17) is 5.11 Å². The topological polar surface area (TPSA) is 96.2 Å². The van der Waals surface area contributed by atoms with Gasteiger partial charge in [-0.1, -0.05) is 13.8 Å². The largest absolute Gasteiger partial charge is 0.481 e. The van der Waals surface area contributed by atoms with Crippen LogP contribution in [-0.2, 0) is 11.3 Å². The molecule has 0 atom stereocenters. The van der Waals surface area contributed by atoms with Gasteiger partial charge in [0.1, 0.15) is 0 Å². The van der Waals surface area contributed by atoms with Gasteiger partial charge in [0.2, 0.25) is 0 Å². The molecule has 0 unspecified atom stereocenters. The van der Waals surface area contributed by atoms with Crippen LogP contribution in [0.25, 0.3) is 0 Å². The lowest BCUT2D eigenvalue weighted by Gasteiger charge is -2.26. The molecule has 7 heteroatoms. The molecular formula is C15H24N4O3. The van der Waals surface area contributed by atoms with Gasteiger partial charge in [-0.2, -0.15) is 5.10 Å². The molecule has 1 fully saturated rings. The Balaban J connectivity index is 1.76. The number of hydrogen-bond donors (Lipinski definition) is 3. The molecule has 0 aliphatic heterocycles. The second-order valence-corrected chi connectivity index (χ2v) is 6.33. The number of rotatable bonds is 5. The highest BCUT2D eigenvalue weighted by atomic mass is 16.4. The first-order valence-electron chi connectivity index (χ1n) is 7.77. The van der Waals surface area contributed by atoms with Crippen LogP contribution in [0.4, 0.5) is 10.5 Å². The van der Waals surface area contributed by atoms with E-state index in [1.54, 1.807) is 17.1 Å². The average Bonchev–Trinajstić information content (AvgIpc) is 2.85. The van der Waals surface area contributed by atoms with Crippen LogP contribution in [0.3, 0.4) is 0 Å². The van der Waals surface area contributed by atoms with Crippen LogP contribution in [0.5, 0.6) is 0 Å². The number of carboxylic acids is 1. The summed E-state index contributed by atoms with van der Waals surface area (Å²) >= 11 is 0. The van der Waals surface area contributed by atoms with Crippen molar-refractivity contribution < 1.29 is 14.7 Å². The molecular weight excluding hydrogens is 284 g/mol. The second kappa shape index (κ2) is 7.29. The van der Waals surface area contributed by atoms with Crippen molar-refractivity contribution in [3.05, 3.63) is 12.4 Å². The van der Waals surface area contributed by atoms with Crippen LogP contribution in [0.2, 0.25) is 0 Å². The molecule has 22 heavy (non-hydrogen) atoms. The van der Waals surface area contributed by atoms with Crippen LogP contribution in [0, 0.1) is 11.8 Å². The van der Waals surface area contributed by atoms with Crippen molar-refractivity contribution >= 4 is 17.7 Å². The molecule has 0 aromatic carbocycles. The summed E-state index contributed by atoms with van der Waals surface area (Å²) < 4.78 is 1.80. The maximum atomic E-state index is 12.0. The fourth-order valence-corrected chi connectivity index (χ4v) is 2.74. The number of anilines is 1. The summed E-state index contributed by atoms with van der Waals surface area (Å²) in [5.41, 5.74) is 0.664. The Bertz CT molecular complexity index is 519. The fraction of sp³-hybridized carbons (Fsp3) is 0.667. The third-order valence-electron chi connectivity index (χ3n) is 3.85. The highest BCUT2D eigenvalue weighted by Gasteiger charge is 2.26. The molecule has 1 heterocycles. The monoisotopic (exact) mass is 308 g/mol. The smallest absolute Gasteiger partial charge is 0.319 e. The lowest BCUT2D eigenvalue weighted by Crippen LogP contribution is -2.40. The fourth-order valence-electron chi connectivity index (χ4n) is 2.74. The van der Waals surface area contributed by atoms with Crippen molar-refractivity contribution in [3.8, 4) is 0 Å². The molecule has 2 rings (SSSR count). The molecule has 7 nitrogen and oxygen atoms in total. The number of urea groups is 1. The summed E-state index contributed by atoms with van der Waals surface area (Å²) in [5.74, 6) is -0.512. The number of aromatic nitrogens is 2. The van der Waals surface area contributed by atoms with Crippen molar-refractivity contribution in [1.29, 1.82) is 0 Å². The molecule has 0 saturated heterocycles. The van der Waals surface area contributed by atoms with Crippen LogP contribution in [-0.4, -0.2) is 32.9 Å². The predicted octanol–water partition coefficient (Wildman–Crippen LogP) is 2.30. The van der Waals surface area contributed by atoms with Crippen LogP contribution in [0.15, 0.2) is 12.4 Å². The summed E-state index contributed by atoms with van der Waals surface area (Å²) in [7, 11) is 0. The van der Waals surface area contributed by atoms with Gasteiger partial charge in [-0.15, -0.1) is 0 Å². The Hall–Kier alpha value is -2.05. The number of carbonyl (C=O) groups excluding carboxylic acids is 1. The lowest BCUT2D eigenvalue weighted by atomic mass is 9.86. The minimum atomic E-state index is -0.736. The van der Waals surface area contributed by atoms with E-state index in [0.29, 0.717) is 37.3 Å². The van der Waals surface area contributed by atoms with Gasteiger partial charge in [0.05, 0.1) is 17.8 Å². The van der Waals surface area contributed by atoms with Crippen LogP contribution >= 0.6 is 0 Å². The molecule has 1 saturated carbocycles.